The molecule has 0 spiro atoms. The fraction of sp³-hybridized carbons (Fsp3) is 0.0625. The first kappa shape index (κ1) is 16.9. The first-order chi connectivity index (χ1) is 11.9. The summed E-state index contributed by atoms with van der Waals surface area (Å²) in [6.07, 6.45) is 1.31. The van der Waals surface area contributed by atoms with Crippen molar-refractivity contribution in [2.75, 3.05) is 5.32 Å². The van der Waals surface area contributed by atoms with Crippen molar-refractivity contribution in [2.24, 2.45) is 0 Å². The van der Waals surface area contributed by atoms with Gasteiger partial charge in [0.1, 0.15) is 5.69 Å². The smallest absolute Gasteiger partial charge is 0.321 e. The molecule has 0 aliphatic heterocycles. The number of nitrogens with zero attached hydrogens (tertiary/aromatic N) is 2. The molecule has 0 radical (unpaired) electrons. The molecule has 1 heterocycles. The van der Waals surface area contributed by atoms with E-state index in [0.717, 1.165) is 12.1 Å². The van der Waals surface area contributed by atoms with Gasteiger partial charge in [0.2, 0.25) is 9.84 Å². The molecule has 0 saturated carbocycles. The summed E-state index contributed by atoms with van der Waals surface area (Å²) < 4.78 is 47.7. The molecule has 9 heteroatoms. The Labute approximate surface area is 141 Å². The third-order valence-corrected chi connectivity index (χ3v) is 4.75. The van der Waals surface area contributed by atoms with Gasteiger partial charge in [0.25, 0.3) is 5.91 Å². The van der Waals surface area contributed by atoms with Crippen LogP contribution in [0.3, 0.4) is 0 Å². The van der Waals surface area contributed by atoms with Crippen LogP contribution in [-0.4, -0.2) is 30.1 Å². The molecule has 6 nitrogen and oxygen atoms in total. The Bertz CT molecular complexity index is 1040. The summed E-state index contributed by atoms with van der Waals surface area (Å²) in [5.74, 6) is -4.05. The number of hydrogen-bond acceptors (Lipinski definition) is 5. The second-order valence-corrected chi connectivity index (χ2v) is 6.95. The number of halogens is 2. The lowest BCUT2D eigenvalue weighted by atomic mass is 10.3. The third-order valence-electron chi connectivity index (χ3n) is 3.36. The number of aromatic nitrogens is 2. The highest BCUT2D eigenvalue weighted by Gasteiger charge is 2.26. The van der Waals surface area contributed by atoms with Crippen LogP contribution in [0.4, 0.5) is 14.5 Å². The molecule has 0 bridgehead atoms. The van der Waals surface area contributed by atoms with Crippen LogP contribution >= 0.6 is 0 Å². The minimum absolute atomic E-state index is 0.0722. The number of amides is 1. The van der Waals surface area contributed by atoms with Crippen molar-refractivity contribution in [3.8, 4) is 0 Å². The van der Waals surface area contributed by atoms with Crippen LogP contribution in [0.5, 0.6) is 0 Å². The van der Waals surface area contributed by atoms with Crippen molar-refractivity contribution in [3.63, 3.8) is 0 Å². The van der Waals surface area contributed by atoms with Gasteiger partial charge >= 0.3 is 5.76 Å². The van der Waals surface area contributed by atoms with Crippen molar-refractivity contribution >= 4 is 32.5 Å². The number of sulfone groups is 1. The number of nitrogens with one attached hydrogen (secondary N) is 1. The fourth-order valence-corrected chi connectivity index (χ4v) is 2.81. The Kier molecular flexibility index (Phi) is 4.41. The summed E-state index contributed by atoms with van der Waals surface area (Å²) >= 11 is 0. The molecule has 1 amide bonds. The molecular weight excluding hydrogens is 352 g/mol. The maximum absolute atomic E-state index is 12.5. The van der Waals surface area contributed by atoms with Crippen LogP contribution in [0.15, 0.2) is 59.6 Å². The maximum atomic E-state index is 12.5. The summed E-state index contributed by atoms with van der Waals surface area (Å²) in [5.41, 5.74) is 1.50. The third kappa shape index (κ3) is 3.45. The van der Waals surface area contributed by atoms with Crippen molar-refractivity contribution in [2.45, 2.75) is 10.7 Å². The van der Waals surface area contributed by atoms with Crippen LogP contribution in [-0.2, 0) is 9.84 Å². The van der Waals surface area contributed by atoms with Crippen molar-refractivity contribution in [1.29, 1.82) is 0 Å². The molecule has 0 atom stereocenters. The van der Waals surface area contributed by atoms with Crippen LogP contribution in [0.2, 0.25) is 0 Å². The van der Waals surface area contributed by atoms with E-state index in [-0.39, 0.29) is 11.4 Å². The maximum Gasteiger partial charge on any atom is 0.341 e. The second-order valence-electron chi connectivity index (χ2n) is 5.03. The van der Waals surface area contributed by atoms with E-state index in [1.54, 1.807) is 24.3 Å². The average molecular weight is 363 g/mol. The van der Waals surface area contributed by atoms with Gasteiger partial charge in [-0.25, -0.2) is 13.4 Å². The highest BCUT2D eigenvalue weighted by atomic mass is 32.2. The molecule has 1 N–H and O–H groups in total. The molecule has 1 aromatic heterocycles. The highest BCUT2D eigenvalue weighted by Crippen LogP contribution is 2.20. The standard InChI is InChI=1S/C16H11F2N3O3S/c17-16(18)25(23,24)11-7-5-10(6-8-11)20-15(22)14-9-19-12-3-1-2-4-13(12)21-14/h1-9,16H,(H,20,22). The van der Waals surface area contributed by atoms with Gasteiger partial charge in [-0.3, -0.25) is 9.78 Å². The number of carbonyl (C=O) groups is 1. The minimum atomic E-state index is -4.67. The first-order valence-electron chi connectivity index (χ1n) is 7.03. The number of fused-ring (bicyclic) bond motifs is 1. The topological polar surface area (TPSA) is 89.0 Å². The molecule has 0 saturated heterocycles. The predicted molar refractivity (Wildman–Crippen MR) is 87.1 cm³/mol. The molecule has 2 aromatic carbocycles. The lowest BCUT2D eigenvalue weighted by molar-refractivity contribution is 0.102. The molecule has 0 fully saturated rings. The summed E-state index contributed by atoms with van der Waals surface area (Å²) in [7, 11) is -4.67. The molecule has 3 aromatic rings. The van der Waals surface area contributed by atoms with E-state index in [1.165, 1.54) is 18.3 Å². The first-order valence-corrected chi connectivity index (χ1v) is 8.58. The van der Waals surface area contributed by atoms with E-state index in [0.29, 0.717) is 11.0 Å². The summed E-state index contributed by atoms with van der Waals surface area (Å²) in [5, 5.41) is 2.51. The van der Waals surface area contributed by atoms with Crippen molar-refractivity contribution < 1.29 is 22.0 Å². The summed E-state index contributed by atoms with van der Waals surface area (Å²) in [6, 6.07) is 11.5. The Morgan fingerprint density at radius 2 is 1.64 bits per heavy atom. The number of anilines is 1. The van der Waals surface area contributed by atoms with Gasteiger partial charge in [-0.2, -0.15) is 8.78 Å². The highest BCUT2D eigenvalue weighted by molar-refractivity contribution is 7.91. The Balaban J connectivity index is 1.80. The lowest BCUT2D eigenvalue weighted by Crippen LogP contribution is -2.15. The molecule has 3 rings (SSSR count). The Hall–Kier alpha value is -2.94. The van der Waals surface area contributed by atoms with E-state index in [4.69, 9.17) is 0 Å². The largest absolute Gasteiger partial charge is 0.341 e. The number of benzene rings is 2. The van der Waals surface area contributed by atoms with Gasteiger partial charge in [0.05, 0.1) is 22.1 Å². The van der Waals surface area contributed by atoms with E-state index in [2.05, 4.69) is 15.3 Å². The van der Waals surface area contributed by atoms with E-state index >= 15 is 0 Å². The van der Waals surface area contributed by atoms with Crippen LogP contribution in [0, 0.1) is 0 Å². The number of rotatable bonds is 4. The van der Waals surface area contributed by atoms with Gasteiger partial charge in [-0.1, -0.05) is 12.1 Å². The SMILES string of the molecule is O=C(Nc1ccc(S(=O)(=O)C(F)F)cc1)c1cnc2ccccc2n1. The number of para-hydroxylation sites is 2. The quantitative estimate of drug-likeness (QED) is 0.770. The monoisotopic (exact) mass is 363 g/mol. The van der Waals surface area contributed by atoms with E-state index < -0.39 is 26.4 Å². The lowest BCUT2D eigenvalue weighted by Gasteiger charge is -2.07. The van der Waals surface area contributed by atoms with Crippen LogP contribution < -0.4 is 5.32 Å². The zero-order valence-electron chi connectivity index (χ0n) is 12.6. The zero-order valence-corrected chi connectivity index (χ0v) is 13.4. The van der Waals surface area contributed by atoms with E-state index in [1.807, 2.05) is 0 Å². The number of carbonyl (C=O) groups excluding carboxylic acids is 1. The van der Waals surface area contributed by atoms with Gasteiger partial charge in [0, 0.05) is 5.69 Å². The summed E-state index contributed by atoms with van der Waals surface area (Å²) in [4.78, 5) is 20.0. The minimum Gasteiger partial charge on any atom is -0.321 e. The molecule has 128 valence electrons. The normalized spacial score (nSPS) is 11.6. The predicted octanol–water partition coefficient (Wildman–Crippen LogP) is 2.88. The fourth-order valence-electron chi connectivity index (χ4n) is 2.09. The van der Waals surface area contributed by atoms with Crippen molar-refractivity contribution in [1.82, 2.24) is 9.97 Å². The van der Waals surface area contributed by atoms with Gasteiger partial charge in [-0.05, 0) is 36.4 Å². The van der Waals surface area contributed by atoms with Crippen LogP contribution in [0.1, 0.15) is 10.5 Å². The molecule has 0 unspecified atom stereocenters. The Morgan fingerprint density at radius 1 is 1.00 bits per heavy atom. The molecular formula is C16H11F2N3O3S. The molecule has 0 aliphatic carbocycles. The molecule has 25 heavy (non-hydrogen) atoms. The zero-order chi connectivity index (χ0) is 18.0. The van der Waals surface area contributed by atoms with Gasteiger partial charge in [0.15, 0.2) is 0 Å². The van der Waals surface area contributed by atoms with Crippen molar-refractivity contribution in [3.05, 3.63) is 60.4 Å². The number of alkyl halides is 2. The second kappa shape index (κ2) is 6.52. The van der Waals surface area contributed by atoms with Gasteiger partial charge < -0.3 is 5.32 Å². The average Bonchev–Trinajstić information content (AvgIpc) is 2.61. The van der Waals surface area contributed by atoms with Gasteiger partial charge in [-0.15, -0.1) is 0 Å². The Morgan fingerprint density at radius 3 is 2.28 bits per heavy atom. The van der Waals surface area contributed by atoms with Crippen LogP contribution in [0.25, 0.3) is 11.0 Å². The van der Waals surface area contributed by atoms with E-state index in [9.17, 15) is 22.0 Å². The number of hydrogen-bond donors (Lipinski definition) is 1. The molecule has 0 aliphatic rings. The summed E-state index contributed by atoms with van der Waals surface area (Å²) in [6.45, 7) is 0.